The maximum Gasteiger partial charge on any atom is 0.387 e. The van der Waals surface area contributed by atoms with Crippen molar-refractivity contribution in [3.63, 3.8) is 0 Å². The largest absolute Gasteiger partial charge is 0.435 e. The first-order valence-electron chi connectivity index (χ1n) is 8.66. The number of rotatable bonds is 3. The van der Waals surface area contributed by atoms with E-state index in [9.17, 15) is 13.6 Å². The van der Waals surface area contributed by atoms with E-state index in [1.54, 1.807) is 32.2 Å². The van der Waals surface area contributed by atoms with E-state index in [4.69, 9.17) is 5.73 Å². The molecule has 5 nitrogen and oxygen atoms in total. The van der Waals surface area contributed by atoms with Crippen LogP contribution < -0.4 is 10.5 Å². The summed E-state index contributed by atoms with van der Waals surface area (Å²) < 4.78 is 28.5. The van der Waals surface area contributed by atoms with Gasteiger partial charge in [-0.1, -0.05) is 60.1 Å². The second-order valence-corrected chi connectivity index (χ2v) is 6.40. The Morgan fingerprint density at radius 1 is 1.18 bits per heavy atom. The molecule has 1 aliphatic rings. The first-order chi connectivity index (χ1) is 13.3. The van der Waals surface area contributed by atoms with E-state index in [0.717, 1.165) is 10.0 Å². The molecule has 0 saturated heterocycles. The van der Waals surface area contributed by atoms with E-state index in [2.05, 4.69) is 25.7 Å². The van der Waals surface area contributed by atoms with Crippen LogP contribution in [-0.2, 0) is 4.79 Å². The van der Waals surface area contributed by atoms with Gasteiger partial charge in [0.15, 0.2) is 12.0 Å². The minimum atomic E-state index is -2.74. The molecule has 2 aromatic carbocycles. The molecule has 152 valence electrons. The third-order valence-electron chi connectivity index (χ3n) is 3.64. The molecule has 0 bridgehead atoms. The molecule has 3 rings (SSSR count). The Kier molecular flexibility index (Phi) is 9.58. The van der Waals surface area contributed by atoms with Crippen LogP contribution in [0.15, 0.2) is 58.0 Å². The molecule has 1 atom stereocenters. The maximum absolute atomic E-state index is 11.7. The molecule has 1 aliphatic heterocycles. The standard InChI is InChI=1S/C10H10BrN3O.C8H8F2O.C2H6/c1-14-9(15)8(13-10(14)12)6-3-2-4-7(11)5-6;1-6-4-2-3-5-7(6)11-8(9)10;1-2/h2-5,8H,1H3,(H2,12,13);2-5,8H,1H3;1-2H3. The zero-order chi connectivity index (χ0) is 21.3. The second-order valence-electron chi connectivity index (χ2n) is 5.49. The third kappa shape index (κ3) is 6.60. The number of ether oxygens (including phenoxy) is 1. The molecule has 0 saturated carbocycles. The highest BCUT2D eigenvalue weighted by molar-refractivity contribution is 9.10. The molecule has 0 spiro atoms. The van der Waals surface area contributed by atoms with Crippen LogP contribution in [0.5, 0.6) is 5.75 Å². The number of para-hydroxylation sites is 1. The normalized spacial score (nSPS) is 15.3. The lowest BCUT2D eigenvalue weighted by Crippen LogP contribution is -2.34. The molecule has 8 heteroatoms. The Balaban J connectivity index is 0.000000268. The summed E-state index contributed by atoms with van der Waals surface area (Å²) >= 11 is 3.35. The molecule has 0 aromatic heterocycles. The molecule has 0 aliphatic carbocycles. The number of hydrogen-bond donors (Lipinski definition) is 1. The van der Waals surface area contributed by atoms with Crippen LogP contribution in [0.1, 0.15) is 31.0 Å². The van der Waals surface area contributed by atoms with Crippen LogP contribution in [0.3, 0.4) is 0 Å². The van der Waals surface area contributed by atoms with Gasteiger partial charge in [0, 0.05) is 11.5 Å². The summed E-state index contributed by atoms with van der Waals surface area (Å²) in [4.78, 5) is 17.2. The fraction of sp³-hybridized carbons (Fsp3) is 0.300. The number of nitrogens with zero attached hydrogens (tertiary/aromatic N) is 2. The maximum atomic E-state index is 11.7. The highest BCUT2D eigenvalue weighted by Crippen LogP contribution is 2.26. The lowest BCUT2D eigenvalue weighted by atomic mass is 10.1. The van der Waals surface area contributed by atoms with Crippen molar-refractivity contribution in [2.75, 3.05) is 7.05 Å². The van der Waals surface area contributed by atoms with Crippen molar-refractivity contribution in [1.82, 2.24) is 4.90 Å². The number of guanidine groups is 1. The zero-order valence-corrected chi connectivity index (χ0v) is 17.8. The number of amides is 1. The van der Waals surface area contributed by atoms with E-state index in [1.165, 1.54) is 11.0 Å². The van der Waals surface area contributed by atoms with Gasteiger partial charge >= 0.3 is 6.61 Å². The first kappa shape index (κ1) is 23.6. The second kappa shape index (κ2) is 11.4. The van der Waals surface area contributed by atoms with Crippen LogP contribution in [0.25, 0.3) is 0 Å². The lowest BCUT2D eigenvalue weighted by Gasteiger charge is -2.09. The summed E-state index contributed by atoms with van der Waals surface area (Å²) in [6, 6.07) is 13.7. The summed E-state index contributed by atoms with van der Waals surface area (Å²) in [6.45, 7) is 2.98. The number of nitrogens with two attached hydrogens (primary N) is 1. The number of hydrogen-bond acceptors (Lipinski definition) is 4. The molecule has 0 radical (unpaired) electrons. The summed E-state index contributed by atoms with van der Waals surface area (Å²) in [7, 11) is 1.62. The number of halogens is 3. The van der Waals surface area contributed by atoms with Crippen molar-refractivity contribution in [3.05, 3.63) is 64.1 Å². The van der Waals surface area contributed by atoms with E-state index >= 15 is 0 Å². The minimum absolute atomic E-state index is 0.0920. The van der Waals surface area contributed by atoms with E-state index in [-0.39, 0.29) is 17.6 Å². The van der Waals surface area contributed by atoms with Gasteiger partial charge in [0.25, 0.3) is 5.91 Å². The summed E-state index contributed by atoms with van der Waals surface area (Å²) in [5.74, 6) is 0.415. The predicted molar refractivity (Wildman–Crippen MR) is 110 cm³/mol. The van der Waals surface area contributed by atoms with Crippen molar-refractivity contribution in [3.8, 4) is 5.75 Å². The molecule has 1 amide bonds. The number of likely N-dealkylation sites (N-methyl/N-ethyl adjacent to an activating group) is 1. The summed E-state index contributed by atoms with van der Waals surface area (Å²) in [5.41, 5.74) is 7.14. The molecule has 2 N–H and O–H groups in total. The van der Waals surface area contributed by atoms with Crippen LogP contribution in [0, 0.1) is 6.92 Å². The molecular weight excluding hydrogens is 432 g/mol. The Morgan fingerprint density at radius 3 is 2.32 bits per heavy atom. The van der Waals surface area contributed by atoms with Gasteiger partial charge in [-0.05, 0) is 36.2 Å². The molecule has 0 fully saturated rings. The van der Waals surface area contributed by atoms with Gasteiger partial charge in [-0.2, -0.15) is 8.78 Å². The van der Waals surface area contributed by atoms with Crippen LogP contribution in [0.4, 0.5) is 8.78 Å². The van der Waals surface area contributed by atoms with Crippen molar-refractivity contribution in [1.29, 1.82) is 0 Å². The van der Waals surface area contributed by atoms with Crippen LogP contribution in [-0.4, -0.2) is 30.4 Å². The van der Waals surface area contributed by atoms with E-state index < -0.39 is 12.7 Å². The van der Waals surface area contributed by atoms with Crippen LogP contribution in [0.2, 0.25) is 0 Å². The topological polar surface area (TPSA) is 67.9 Å². The Hall–Kier alpha value is -2.48. The van der Waals surface area contributed by atoms with Gasteiger partial charge in [-0.3, -0.25) is 9.69 Å². The first-order valence-corrected chi connectivity index (χ1v) is 9.45. The van der Waals surface area contributed by atoms with Crippen molar-refractivity contribution < 1.29 is 18.3 Å². The van der Waals surface area contributed by atoms with Crippen molar-refractivity contribution in [2.45, 2.75) is 33.4 Å². The number of carbonyl (C=O) groups is 1. The monoisotopic (exact) mass is 455 g/mol. The third-order valence-corrected chi connectivity index (χ3v) is 4.14. The fourth-order valence-electron chi connectivity index (χ4n) is 2.25. The fourth-order valence-corrected chi connectivity index (χ4v) is 2.67. The number of carbonyl (C=O) groups excluding carboxylic acids is 1. The Labute approximate surface area is 172 Å². The van der Waals surface area contributed by atoms with Gasteiger partial charge in [-0.25, -0.2) is 4.99 Å². The predicted octanol–water partition coefficient (Wildman–Crippen LogP) is 4.90. The number of alkyl halides is 2. The van der Waals surface area contributed by atoms with E-state index in [1.807, 2.05) is 38.1 Å². The molecule has 28 heavy (non-hydrogen) atoms. The quantitative estimate of drug-likeness (QED) is 0.715. The molecule has 2 aromatic rings. The zero-order valence-electron chi connectivity index (χ0n) is 16.2. The van der Waals surface area contributed by atoms with Gasteiger partial charge in [-0.15, -0.1) is 0 Å². The Morgan fingerprint density at radius 2 is 1.82 bits per heavy atom. The molecular formula is C20H24BrF2N3O2. The average Bonchev–Trinajstić information content (AvgIpc) is 2.93. The number of aryl methyl sites for hydroxylation is 1. The van der Waals surface area contributed by atoms with Crippen LogP contribution >= 0.6 is 15.9 Å². The van der Waals surface area contributed by atoms with Gasteiger partial charge in [0.1, 0.15) is 5.75 Å². The molecule has 1 unspecified atom stereocenters. The lowest BCUT2D eigenvalue weighted by molar-refractivity contribution is -0.126. The highest BCUT2D eigenvalue weighted by Gasteiger charge is 2.31. The van der Waals surface area contributed by atoms with Crippen molar-refractivity contribution in [2.24, 2.45) is 10.7 Å². The average molecular weight is 456 g/mol. The smallest absolute Gasteiger partial charge is 0.387 e. The molecule has 1 heterocycles. The van der Waals surface area contributed by atoms with Gasteiger partial charge in [0.2, 0.25) is 0 Å². The van der Waals surface area contributed by atoms with Gasteiger partial charge in [0.05, 0.1) is 0 Å². The SMILES string of the molecule is CC.CN1C(=O)C(c2cccc(Br)c2)N=C1N.Cc1ccccc1OC(F)F. The highest BCUT2D eigenvalue weighted by atomic mass is 79.9. The van der Waals surface area contributed by atoms with Crippen molar-refractivity contribution >= 4 is 27.8 Å². The number of aliphatic imine (C=N–C) groups is 1. The summed E-state index contributed by atoms with van der Waals surface area (Å²) in [6.07, 6.45) is 0. The number of benzene rings is 2. The van der Waals surface area contributed by atoms with Gasteiger partial charge < -0.3 is 10.5 Å². The minimum Gasteiger partial charge on any atom is -0.435 e. The Bertz CT molecular complexity index is 816. The van der Waals surface area contributed by atoms with E-state index in [0.29, 0.717) is 5.56 Å². The summed E-state index contributed by atoms with van der Waals surface area (Å²) in [5, 5.41) is 0.